The molecule has 0 saturated carbocycles. The molecule has 5 nitrogen and oxygen atoms in total. The lowest BCUT2D eigenvalue weighted by Crippen LogP contribution is -2.41. The number of likely N-dealkylation sites (tertiary alicyclic amines) is 1. The predicted octanol–water partition coefficient (Wildman–Crippen LogP) is 3.04. The molecule has 1 aliphatic heterocycles. The third-order valence-corrected chi connectivity index (χ3v) is 3.95. The van der Waals surface area contributed by atoms with Crippen LogP contribution in [0, 0.1) is 13.8 Å². The third-order valence-electron chi connectivity index (χ3n) is 3.95. The van der Waals surface area contributed by atoms with Crippen molar-refractivity contribution in [3.63, 3.8) is 0 Å². The average Bonchev–Trinajstić information content (AvgIpc) is 2.87. The molecule has 0 bridgehead atoms. The zero-order valence-electron chi connectivity index (χ0n) is 14.6. The van der Waals surface area contributed by atoms with Gasteiger partial charge in [0.05, 0.1) is 6.04 Å². The number of benzene rings is 1. The number of nitrogens with zero attached hydrogens (tertiary/aromatic N) is 1. The Hall–Kier alpha value is -2.04. The van der Waals surface area contributed by atoms with Crippen molar-refractivity contribution in [2.24, 2.45) is 0 Å². The van der Waals surface area contributed by atoms with Crippen molar-refractivity contribution in [3.8, 4) is 0 Å². The molecule has 1 heterocycles. The minimum atomic E-state index is -0.516. The van der Waals surface area contributed by atoms with E-state index >= 15 is 0 Å². The number of amides is 2. The molecule has 1 unspecified atom stereocenters. The smallest absolute Gasteiger partial charge is 0.407 e. The molecule has 2 rings (SSSR count). The molecule has 5 heteroatoms. The number of carbonyl (C=O) groups is 2. The Morgan fingerprint density at radius 2 is 1.91 bits per heavy atom. The van der Waals surface area contributed by atoms with Crippen LogP contribution >= 0.6 is 0 Å². The Balaban J connectivity index is 1.93. The topological polar surface area (TPSA) is 58.6 Å². The highest BCUT2D eigenvalue weighted by molar-refractivity contribution is 5.94. The van der Waals surface area contributed by atoms with Gasteiger partial charge in [0.2, 0.25) is 0 Å². The monoisotopic (exact) mass is 318 g/mol. The normalized spacial score (nSPS) is 18.0. The Morgan fingerprint density at radius 3 is 2.52 bits per heavy atom. The van der Waals surface area contributed by atoms with E-state index in [-0.39, 0.29) is 11.9 Å². The van der Waals surface area contributed by atoms with Crippen molar-refractivity contribution in [3.05, 3.63) is 34.9 Å². The number of rotatable bonds is 2. The van der Waals surface area contributed by atoms with E-state index in [4.69, 9.17) is 4.74 Å². The lowest BCUT2D eigenvalue weighted by atomic mass is 10.1. The molecule has 0 spiro atoms. The van der Waals surface area contributed by atoms with E-state index in [1.54, 1.807) is 4.90 Å². The van der Waals surface area contributed by atoms with Gasteiger partial charge in [-0.25, -0.2) is 4.79 Å². The summed E-state index contributed by atoms with van der Waals surface area (Å²) in [6.07, 6.45) is 0.318. The van der Waals surface area contributed by atoms with Crippen molar-refractivity contribution in [1.82, 2.24) is 10.2 Å². The fraction of sp³-hybridized carbons (Fsp3) is 0.556. The lowest BCUT2D eigenvalue weighted by molar-refractivity contribution is 0.0502. The van der Waals surface area contributed by atoms with Crippen LogP contribution in [-0.2, 0) is 4.74 Å². The Morgan fingerprint density at radius 1 is 1.22 bits per heavy atom. The Bertz CT molecular complexity index is 605. The first-order chi connectivity index (χ1) is 10.7. The summed E-state index contributed by atoms with van der Waals surface area (Å²) in [5.74, 6) is 0.0154. The summed E-state index contributed by atoms with van der Waals surface area (Å²) >= 11 is 0. The van der Waals surface area contributed by atoms with Crippen LogP contribution in [0.5, 0.6) is 0 Å². The van der Waals surface area contributed by atoms with Crippen LogP contribution in [0.15, 0.2) is 18.2 Å². The maximum Gasteiger partial charge on any atom is 0.407 e. The van der Waals surface area contributed by atoms with Crippen LogP contribution < -0.4 is 5.32 Å². The van der Waals surface area contributed by atoms with Crippen LogP contribution in [-0.4, -0.2) is 41.6 Å². The molecular weight excluding hydrogens is 292 g/mol. The minimum absolute atomic E-state index is 0.0154. The number of aryl methyl sites for hydroxylation is 2. The van der Waals surface area contributed by atoms with Gasteiger partial charge in [-0.15, -0.1) is 0 Å². The van der Waals surface area contributed by atoms with Crippen LogP contribution in [0.2, 0.25) is 0 Å². The SMILES string of the molecule is Cc1ccc(C(=O)N2CCC(NC(=O)OC(C)(C)C)C2)cc1C. The summed E-state index contributed by atoms with van der Waals surface area (Å²) in [7, 11) is 0. The van der Waals surface area contributed by atoms with E-state index in [1.807, 2.05) is 52.8 Å². The van der Waals surface area contributed by atoms with E-state index < -0.39 is 11.7 Å². The number of ether oxygens (including phenoxy) is 1. The first-order valence-electron chi connectivity index (χ1n) is 8.02. The van der Waals surface area contributed by atoms with Gasteiger partial charge in [0.15, 0.2) is 0 Å². The van der Waals surface area contributed by atoms with Crippen LogP contribution in [0.4, 0.5) is 4.79 Å². The largest absolute Gasteiger partial charge is 0.444 e. The number of hydrogen-bond acceptors (Lipinski definition) is 3. The number of carbonyl (C=O) groups excluding carboxylic acids is 2. The van der Waals surface area contributed by atoms with Gasteiger partial charge in [0, 0.05) is 18.7 Å². The Kier molecular flexibility index (Phi) is 4.97. The minimum Gasteiger partial charge on any atom is -0.444 e. The zero-order chi connectivity index (χ0) is 17.2. The quantitative estimate of drug-likeness (QED) is 0.912. The fourth-order valence-corrected chi connectivity index (χ4v) is 2.59. The van der Waals surface area contributed by atoms with Gasteiger partial charge < -0.3 is 15.0 Å². The molecule has 1 saturated heterocycles. The molecule has 1 atom stereocenters. The van der Waals surface area contributed by atoms with Crippen LogP contribution in [0.1, 0.15) is 48.7 Å². The first kappa shape index (κ1) is 17.3. The average molecular weight is 318 g/mol. The molecule has 2 amide bonds. The second-order valence-electron chi connectivity index (χ2n) is 7.18. The van der Waals surface area contributed by atoms with Gasteiger partial charge in [0.25, 0.3) is 5.91 Å². The summed E-state index contributed by atoms with van der Waals surface area (Å²) in [5, 5.41) is 2.84. The van der Waals surface area contributed by atoms with E-state index in [0.717, 1.165) is 12.0 Å². The molecule has 1 aromatic carbocycles. The number of nitrogens with one attached hydrogen (secondary N) is 1. The molecular formula is C18H26N2O3. The molecule has 0 aliphatic carbocycles. The highest BCUT2D eigenvalue weighted by atomic mass is 16.6. The van der Waals surface area contributed by atoms with Gasteiger partial charge in [-0.3, -0.25) is 4.79 Å². The van der Waals surface area contributed by atoms with Gasteiger partial charge in [-0.2, -0.15) is 0 Å². The van der Waals surface area contributed by atoms with E-state index in [9.17, 15) is 9.59 Å². The van der Waals surface area contributed by atoms with E-state index in [0.29, 0.717) is 18.7 Å². The van der Waals surface area contributed by atoms with Gasteiger partial charge in [-0.05, 0) is 64.3 Å². The summed E-state index contributed by atoms with van der Waals surface area (Å²) in [5.41, 5.74) is 2.47. The lowest BCUT2D eigenvalue weighted by Gasteiger charge is -2.22. The summed E-state index contributed by atoms with van der Waals surface area (Å²) < 4.78 is 5.26. The summed E-state index contributed by atoms with van der Waals surface area (Å²) in [4.78, 5) is 26.1. The molecule has 23 heavy (non-hydrogen) atoms. The van der Waals surface area contributed by atoms with Crippen molar-refractivity contribution >= 4 is 12.0 Å². The van der Waals surface area contributed by atoms with E-state index in [2.05, 4.69) is 5.32 Å². The highest BCUT2D eigenvalue weighted by Crippen LogP contribution is 2.17. The maximum absolute atomic E-state index is 12.6. The first-order valence-corrected chi connectivity index (χ1v) is 8.02. The molecule has 0 radical (unpaired) electrons. The summed E-state index contributed by atoms with van der Waals surface area (Å²) in [6, 6.07) is 5.70. The number of hydrogen-bond donors (Lipinski definition) is 1. The standard InChI is InChI=1S/C18H26N2O3/c1-12-6-7-14(10-13(12)2)16(21)20-9-8-15(11-20)19-17(22)23-18(3,4)5/h6-7,10,15H,8-9,11H2,1-5H3,(H,19,22). The van der Waals surface area contributed by atoms with Crippen molar-refractivity contribution in [2.75, 3.05) is 13.1 Å². The molecule has 1 aliphatic rings. The Labute approximate surface area is 138 Å². The van der Waals surface area contributed by atoms with Gasteiger partial charge in [0.1, 0.15) is 5.60 Å². The van der Waals surface area contributed by atoms with Crippen LogP contribution in [0.25, 0.3) is 0 Å². The third kappa shape index (κ3) is 4.71. The molecule has 1 fully saturated rings. The zero-order valence-corrected chi connectivity index (χ0v) is 14.6. The summed E-state index contributed by atoms with van der Waals surface area (Å²) in [6.45, 7) is 10.7. The maximum atomic E-state index is 12.6. The number of alkyl carbamates (subject to hydrolysis) is 1. The van der Waals surface area contributed by atoms with Crippen molar-refractivity contribution < 1.29 is 14.3 Å². The van der Waals surface area contributed by atoms with Gasteiger partial charge >= 0.3 is 6.09 Å². The molecule has 1 N–H and O–H groups in total. The van der Waals surface area contributed by atoms with E-state index in [1.165, 1.54) is 5.56 Å². The van der Waals surface area contributed by atoms with Gasteiger partial charge in [-0.1, -0.05) is 6.07 Å². The second kappa shape index (κ2) is 6.60. The second-order valence-corrected chi connectivity index (χ2v) is 7.18. The fourth-order valence-electron chi connectivity index (χ4n) is 2.59. The molecule has 126 valence electrons. The van der Waals surface area contributed by atoms with Crippen molar-refractivity contribution in [2.45, 2.75) is 52.7 Å². The molecule has 1 aromatic rings. The van der Waals surface area contributed by atoms with Crippen LogP contribution in [0.3, 0.4) is 0 Å². The highest BCUT2D eigenvalue weighted by Gasteiger charge is 2.29. The van der Waals surface area contributed by atoms with Crippen molar-refractivity contribution in [1.29, 1.82) is 0 Å². The molecule has 0 aromatic heterocycles. The predicted molar refractivity (Wildman–Crippen MR) is 89.6 cm³/mol.